The number of rotatable bonds is 0. The molecule has 0 atom stereocenters. The Balaban J connectivity index is 0. The fourth-order valence-corrected chi connectivity index (χ4v) is 0. The van der Waals surface area contributed by atoms with Gasteiger partial charge in [0.05, 0.1) is 0 Å². The van der Waals surface area contributed by atoms with Crippen LogP contribution < -0.4 is 0 Å². The second-order valence-electron chi connectivity index (χ2n) is 0. The Labute approximate surface area is 104 Å². The van der Waals surface area contributed by atoms with Crippen LogP contribution >= 0.6 is 0 Å². The van der Waals surface area contributed by atoms with E-state index in [0.717, 1.165) is 0 Å². The van der Waals surface area contributed by atoms with Crippen LogP contribution in [0.25, 0.3) is 0 Å². The molecular weight excluding hydrogens is 562 g/mol. The molecule has 8 N–H and O–H groups in total. The van der Waals surface area contributed by atoms with E-state index in [9.17, 15) is 0 Å². The van der Waals surface area contributed by atoms with Crippen LogP contribution in [0.2, 0.25) is 0 Å². The van der Waals surface area contributed by atoms with Gasteiger partial charge in [-0.3, -0.25) is 0 Å². The van der Waals surface area contributed by atoms with Gasteiger partial charge in [-0.05, 0) is 0 Å². The molecule has 6 nitrogen and oxygen atoms in total. The molecule has 0 amide bonds. The normalized spacial score (nSPS) is 0. The van der Waals surface area contributed by atoms with Crippen molar-refractivity contribution in [2.45, 2.75) is 0 Å². The van der Waals surface area contributed by atoms with E-state index < -0.39 is 0 Å². The van der Waals surface area contributed by atoms with E-state index in [4.69, 9.17) is 0 Å². The Morgan fingerprint density at radius 2 is 0.444 bits per heavy atom. The largest absolute Gasteiger partial charge is 2.00 e. The molecule has 0 unspecified atom stereocenters. The van der Waals surface area contributed by atoms with Crippen LogP contribution in [0.5, 0.6) is 0 Å². The fraction of sp³-hybridized carbons (Fsp3) is 0. The van der Waals surface area contributed by atoms with Crippen molar-refractivity contribution in [3.63, 3.8) is 0 Å². The summed E-state index contributed by atoms with van der Waals surface area (Å²) in [6, 6.07) is 0. The van der Waals surface area contributed by atoms with Crippen LogP contribution in [0.1, 0.15) is 0 Å². The van der Waals surface area contributed by atoms with E-state index in [-0.39, 0.29) is 105 Å². The zero-order chi connectivity index (χ0) is 0. The van der Waals surface area contributed by atoms with Gasteiger partial charge in [0.25, 0.3) is 0 Å². The Morgan fingerprint density at radius 3 is 0.444 bits per heavy atom. The van der Waals surface area contributed by atoms with Gasteiger partial charge in [-0.2, -0.15) is 0 Å². The van der Waals surface area contributed by atoms with Crippen molar-refractivity contribution in [1.82, 2.24) is 0 Å². The summed E-state index contributed by atoms with van der Waals surface area (Å²) in [5.74, 6) is 0. The van der Waals surface area contributed by atoms with E-state index in [2.05, 4.69) is 0 Å². The molecule has 0 aliphatic heterocycles. The van der Waals surface area contributed by atoms with E-state index in [1.807, 2.05) is 0 Å². The monoisotopic (exact) mass is 572 g/mol. The molecule has 0 aromatic carbocycles. The minimum Gasteiger partial charge on any atom is -0.870 e. The molecule has 4 radical (unpaired) electrons. The molecule has 0 aromatic rings. The predicted octanol–water partition coefficient (Wildman–Crippen LogP) is -3.12. The summed E-state index contributed by atoms with van der Waals surface area (Å²) in [6.07, 6.45) is 0. The smallest absolute Gasteiger partial charge is 0.870 e. The molecule has 0 aliphatic rings. The zero-order valence-electron chi connectivity index (χ0n) is 4.20. The van der Waals surface area contributed by atoms with Crippen molar-refractivity contribution in [2.24, 2.45) is 0 Å². The molecule has 58 valence electrons. The van der Waals surface area contributed by atoms with Crippen LogP contribution in [-0.2, 0) is 17.4 Å². The first-order chi connectivity index (χ1) is 0. The van der Waals surface area contributed by atoms with Gasteiger partial charge in [0.1, 0.15) is 0 Å². The van der Waals surface area contributed by atoms with Gasteiger partial charge in [0.2, 0.25) is 0 Å². The van der Waals surface area contributed by atoms with Crippen LogP contribution in [0.3, 0.4) is 0 Å². The molecule has 0 heterocycles. The maximum absolute atomic E-state index is 0. The predicted molar refractivity (Wildman–Crippen MR) is 26.5 cm³/mol. The van der Waals surface area contributed by atoms with Crippen molar-refractivity contribution in [3.8, 4) is 0 Å². The summed E-state index contributed by atoms with van der Waals surface area (Å²) in [5.41, 5.74) is 0. The topological polar surface area (TPSA) is 183 Å². The Morgan fingerprint density at radius 1 is 0.444 bits per heavy atom. The van der Waals surface area contributed by atoms with E-state index in [1.54, 1.807) is 0 Å². The Kier molecular flexibility index (Phi) is 5160. The number of hydrogen-bond acceptors (Lipinski definition) is 4. The van der Waals surface area contributed by atoms with E-state index in [1.165, 1.54) is 0 Å². The summed E-state index contributed by atoms with van der Waals surface area (Å²) in [7, 11) is 0. The minimum atomic E-state index is 0. The molecule has 0 aliphatic carbocycles. The van der Waals surface area contributed by atoms with Gasteiger partial charge < -0.3 is 32.9 Å². The molecule has 0 rings (SSSR count). The second-order valence-corrected chi connectivity index (χ2v) is 0. The second kappa shape index (κ2) is 185. The third-order valence-electron chi connectivity index (χ3n) is 0. The zero-order valence-corrected chi connectivity index (χ0v) is 13.2. The molecule has 0 saturated carbocycles. The molecule has 0 bridgehead atoms. The molecule has 9 heteroatoms. The van der Waals surface area contributed by atoms with E-state index in [0.29, 0.717) is 0 Å². The molecule has 0 fully saturated rings. The summed E-state index contributed by atoms with van der Waals surface area (Å²) >= 11 is 0. The molecular formula is H8CrO6Pb2. The first-order valence-corrected chi connectivity index (χ1v) is 0. The molecule has 0 aromatic heterocycles. The van der Waals surface area contributed by atoms with Crippen molar-refractivity contribution >= 4 is 54.6 Å². The molecule has 0 saturated heterocycles. The van der Waals surface area contributed by atoms with Crippen LogP contribution in [0.15, 0.2) is 0 Å². The van der Waals surface area contributed by atoms with Crippen LogP contribution in [0, 0.1) is 0 Å². The summed E-state index contributed by atoms with van der Waals surface area (Å²) in [6.45, 7) is 0. The van der Waals surface area contributed by atoms with Gasteiger partial charge in [-0.25, -0.2) is 0 Å². The molecule has 0 spiro atoms. The first-order valence-electron chi connectivity index (χ1n) is 0. The average Bonchev–Trinajstić information content (AvgIpc) is 0. The van der Waals surface area contributed by atoms with Crippen molar-refractivity contribution in [3.05, 3.63) is 0 Å². The Bertz CT molecular complexity index is 11.0. The first kappa shape index (κ1) is 251. The van der Waals surface area contributed by atoms with Gasteiger partial charge >= 0.3 is 54.6 Å². The van der Waals surface area contributed by atoms with Gasteiger partial charge in [-0.1, -0.05) is 0 Å². The SMILES string of the molecule is O.O.[Cr].[OH-].[OH-].[OH-].[OH-].[Pb+2].[Pb+2]. The van der Waals surface area contributed by atoms with Gasteiger partial charge in [-0.15, -0.1) is 0 Å². The third-order valence-corrected chi connectivity index (χ3v) is 0. The van der Waals surface area contributed by atoms with E-state index >= 15 is 0 Å². The average molecular weight is 570 g/mol. The van der Waals surface area contributed by atoms with Crippen molar-refractivity contribution in [1.29, 1.82) is 0 Å². The summed E-state index contributed by atoms with van der Waals surface area (Å²) in [4.78, 5) is 0. The van der Waals surface area contributed by atoms with Gasteiger partial charge in [0.15, 0.2) is 0 Å². The summed E-state index contributed by atoms with van der Waals surface area (Å²) < 4.78 is 0. The maximum Gasteiger partial charge on any atom is 2.00 e. The Hall–Kier alpha value is 2.14. The molecule has 9 heavy (non-hydrogen) atoms. The quantitative estimate of drug-likeness (QED) is 0.280. The van der Waals surface area contributed by atoms with Crippen molar-refractivity contribution < 1.29 is 50.2 Å². The standard InChI is InChI=1S/Cr.6H2O.2Pb/h;6*1H2;;/q;;;;;;;2*+2/p-4. The third kappa shape index (κ3) is 147. The van der Waals surface area contributed by atoms with Crippen LogP contribution in [-0.4, -0.2) is 87.5 Å². The van der Waals surface area contributed by atoms with Gasteiger partial charge in [0, 0.05) is 17.4 Å². The maximum atomic E-state index is 0. The summed E-state index contributed by atoms with van der Waals surface area (Å²) in [5, 5.41) is 0. The number of hydrogen-bond donors (Lipinski definition) is 0. The fourth-order valence-electron chi connectivity index (χ4n) is 0. The van der Waals surface area contributed by atoms with Crippen molar-refractivity contribution in [2.75, 3.05) is 0 Å². The minimum absolute atomic E-state index is 0. The van der Waals surface area contributed by atoms with Crippen LogP contribution in [0.4, 0.5) is 0 Å².